The third kappa shape index (κ3) is 2.07. The van der Waals surface area contributed by atoms with E-state index in [1.54, 1.807) is 0 Å². The van der Waals surface area contributed by atoms with E-state index in [9.17, 15) is 0 Å². The molecule has 0 saturated carbocycles. The van der Waals surface area contributed by atoms with E-state index < -0.39 is 0 Å². The Balaban J connectivity index is 1.69. The van der Waals surface area contributed by atoms with Crippen molar-refractivity contribution in [2.45, 2.75) is 12.8 Å². The predicted molar refractivity (Wildman–Crippen MR) is 104 cm³/mol. The van der Waals surface area contributed by atoms with Crippen molar-refractivity contribution < 1.29 is 0 Å². The molecule has 5 rings (SSSR count). The molecule has 5 aromatic carbocycles. The maximum absolute atomic E-state index is 2.31. The highest BCUT2D eigenvalue weighted by Crippen LogP contribution is 2.36. The quantitative estimate of drug-likeness (QED) is 0.340. The molecule has 0 atom stereocenters. The van der Waals surface area contributed by atoms with Crippen molar-refractivity contribution in [1.29, 1.82) is 0 Å². The summed E-state index contributed by atoms with van der Waals surface area (Å²) in [6.07, 6.45) is 2.17. The number of aryl methyl sites for hydroxylation is 2. The summed E-state index contributed by atoms with van der Waals surface area (Å²) in [5.41, 5.74) is 2.85. The Morgan fingerprint density at radius 1 is 0.458 bits per heavy atom. The topological polar surface area (TPSA) is 0 Å². The molecule has 24 heavy (non-hydrogen) atoms. The number of hydrogen-bond acceptors (Lipinski definition) is 0. The second-order valence-electron chi connectivity index (χ2n) is 6.57. The van der Waals surface area contributed by atoms with E-state index in [1.165, 1.54) is 43.4 Å². The van der Waals surface area contributed by atoms with Gasteiger partial charge >= 0.3 is 0 Å². The minimum atomic E-state index is 1.08. The summed E-state index contributed by atoms with van der Waals surface area (Å²) in [7, 11) is 0. The lowest BCUT2D eigenvalue weighted by Gasteiger charge is -2.14. The molecular formula is C24H18. The molecule has 0 amide bonds. The highest BCUT2D eigenvalue weighted by Gasteiger charge is 2.10. The zero-order valence-electron chi connectivity index (χ0n) is 13.5. The fourth-order valence-corrected chi connectivity index (χ4v) is 3.94. The largest absolute Gasteiger partial charge is 0.0622 e. The molecule has 0 saturated heterocycles. The van der Waals surface area contributed by atoms with Crippen LogP contribution in [0, 0.1) is 0 Å². The van der Waals surface area contributed by atoms with Gasteiger partial charge in [0, 0.05) is 0 Å². The maximum Gasteiger partial charge on any atom is -0.00240 e. The van der Waals surface area contributed by atoms with Gasteiger partial charge in [-0.15, -0.1) is 0 Å². The fourth-order valence-electron chi connectivity index (χ4n) is 3.94. The average Bonchev–Trinajstić information content (AvgIpc) is 2.66. The van der Waals surface area contributed by atoms with Crippen LogP contribution in [0.25, 0.3) is 32.3 Å². The van der Waals surface area contributed by atoms with Crippen LogP contribution in [0.2, 0.25) is 0 Å². The van der Waals surface area contributed by atoms with Gasteiger partial charge in [-0.05, 0) is 56.3 Å². The fraction of sp³-hybridized carbons (Fsp3) is 0.0833. The van der Waals surface area contributed by atoms with Crippen LogP contribution in [-0.2, 0) is 12.8 Å². The molecule has 0 bridgehead atoms. The number of rotatable bonds is 3. The average molecular weight is 306 g/mol. The highest BCUT2D eigenvalue weighted by molar-refractivity contribution is 6.23. The Morgan fingerprint density at radius 2 is 1.12 bits per heavy atom. The van der Waals surface area contributed by atoms with E-state index in [4.69, 9.17) is 0 Å². The molecule has 0 aromatic heterocycles. The van der Waals surface area contributed by atoms with Crippen molar-refractivity contribution in [3.63, 3.8) is 0 Å². The summed E-state index contributed by atoms with van der Waals surface area (Å²) in [6, 6.07) is 31.0. The van der Waals surface area contributed by atoms with Gasteiger partial charge in [-0.3, -0.25) is 0 Å². The summed E-state index contributed by atoms with van der Waals surface area (Å²) in [5.74, 6) is 0. The van der Waals surface area contributed by atoms with Crippen LogP contribution in [0.15, 0.2) is 84.9 Å². The first-order chi connectivity index (χ1) is 11.9. The molecule has 0 heteroatoms. The summed E-state index contributed by atoms with van der Waals surface area (Å²) in [4.78, 5) is 0. The van der Waals surface area contributed by atoms with Crippen molar-refractivity contribution in [2.75, 3.05) is 0 Å². The van der Waals surface area contributed by atoms with Crippen LogP contribution in [-0.4, -0.2) is 0 Å². The first-order valence-corrected chi connectivity index (χ1v) is 8.59. The highest BCUT2D eigenvalue weighted by atomic mass is 14.1. The van der Waals surface area contributed by atoms with E-state index in [0.29, 0.717) is 0 Å². The van der Waals surface area contributed by atoms with Gasteiger partial charge in [-0.2, -0.15) is 0 Å². The van der Waals surface area contributed by atoms with Crippen LogP contribution in [0.3, 0.4) is 0 Å². The van der Waals surface area contributed by atoms with Crippen LogP contribution in [0.5, 0.6) is 0 Å². The molecule has 0 nitrogen and oxygen atoms in total. The molecule has 0 spiro atoms. The Morgan fingerprint density at radius 3 is 1.92 bits per heavy atom. The van der Waals surface area contributed by atoms with Crippen LogP contribution in [0.1, 0.15) is 11.1 Å². The summed E-state index contributed by atoms with van der Waals surface area (Å²) < 4.78 is 0. The van der Waals surface area contributed by atoms with Crippen LogP contribution < -0.4 is 0 Å². The Labute approximate surface area is 141 Å². The van der Waals surface area contributed by atoms with Gasteiger partial charge in [0.1, 0.15) is 0 Å². The number of benzene rings is 5. The van der Waals surface area contributed by atoms with Gasteiger partial charge in [0.05, 0.1) is 0 Å². The molecule has 5 aromatic rings. The van der Waals surface area contributed by atoms with Gasteiger partial charge < -0.3 is 0 Å². The van der Waals surface area contributed by atoms with Gasteiger partial charge in [0.2, 0.25) is 0 Å². The molecule has 0 aliphatic carbocycles. The summed E-state index contributed by atoms with van der Waals surface area (Å²) in [5, 5.41) is 8.27. The number of hydrogen-bond donors (Lipinski definition) is 0. The van der Waals surface area contributed by atoms with Crippen molar-refractivity contribution in [1.82, 2.24) is 0 Å². The van der Waals surface area contributed by atoms with E-state index in [1.807, 2.05) is 0 Å². The van der Waals surface area contributed by atoms with Gasteiger partial charge in [0.25, 0.3) is 0 Å². The molecule has 0 fully saturated rings. The van der Waals surface area contributed by atoms with Gasteiger partial charge in [0.15, 0.2) is 0 Å². The first kappa shape index (κ1) is 13.6. The Bertz CT molecular complexity index is 1120. The van der Waals surface area contributed by atoms with Crippen molar-refractivity contribution in [3.8, 4) is 0 Å². The minimum absolute atomic E-state index is 1.08. The van der Waals surface area contributed by atoms with Crippen molar-refractivity contribution in [3.05, 3.63) is 96.1 Å². The van der Waals surface area contributed by atoms with E-state index in [-0.39, 0.29) is 0 Å². The second kappa shape index (κ2) is 5.35. The minimum Gasteiger partial charge on any atom is -0.0622 e. The third-order valence-corrected chi connectivity index (χ3v) is 5.14. The Hall–Kier alpha value is -2.86. The Kier molecular flexibility index (Phi) is 3.02. The standard InChI is InChI=1S/C24H18/c1-2-5-17(6-3-1)9-10-18-11-12-21-14-13-19-7-4-8-20-15-16-22(18)24(21)23(19)20/h1-8,11-16H,9-10H2. The predicted octanol–water partition coefficient (Wildman–Crippen LogP) is 6.37. The molecule has 0 unspecified atom stereocenters. The van der Waals surface area contributed by atoms with E-state index in [2.05, 4.69) is 84.9 Å². The molecule has 0 heterocycles. The SMILES string of the molecule is c1ccc(CCc2ccc3ccc4cccc5ccc2c3c45)cc1. The zero-order valence-corrected chi connectivity index (χ0v) is 13.5. The molecule has 114 valence electrons. The lowest BCUT2D eigenvalue weighted by Crippen LogP contribution is -1.94. The maximum atomic E-state index is 2.31. The van der Waals surface area contributed by atoms with Crippen LogP contribution in [0.4, 0.5) is 0 Å². The first-order valence-electron chi connectivity index (χ1n) is 8.59. The van der Waals surface area contributed by atoms with E-state index in [0.717, 1.165) is 12.8 Å². The molecule has 0 aliphatic heterocycles. The molecule has 0 radical (unpaired) electrons. The monoisotopic (exact) mass is 306 g/mol. The van der Waals surface area contributed by atoms with Crippen LogP contribution >= 0.6 is 0 Å². The van der Waals surface area contributed by atoms with E-state index >= 15 is 0 Å². The summed E-state index contributed by atoms with van der Waals surface area (Å²) in [6.45, 7) is 0. The smallest absolute Gasteiger partial charge is 0.00240 e. The second-order valence-corrected chi connectivity index (χ2v) is 6.57. The molecular weight excluding hydrogens is 288 g/mol. The lowest BCUT2D eigenvalue weighted by molar-refractivity contribution is 0.970. The van der Waals surface area contributed by atoms with Gasteiger partial charge in [-0.25, -0.2) is 0 Å². The molecule has 0 aliphatic rings. The summed E-state index contributed by atoms with van der Waals surface area (Å²) >= 11 is 0. The normalized spacial score (nSPS) is 11.7. The van der Waals surface area contributed by atoms with Crippen molar-refractivity contribution in [2.24, 2.45) is 0 Å². The zero-order chi connectivity index (χ0) is 15.9. The lowest BCUT2D eigenvalue weighted by atomic mass is 9.90. The van der Waals surface area contributed by atoms with Gasteiger partial charge in [-0.1, -0.05) is 84.9 Å². The molecule has 0 N–H and O–H groups in total. The third-order valence-electron chi connectivity index (χ3n) is 5.14. The van der Waals surface area contributed by atoms with Crippen molar-refractivity contribution >= 4 is 32.3 Å².